The Balaban J connectivity index is 2.30. The van der Waals surface area contributed by atoms with E-state index in [0.29, 0.717) is 16.9 Å². The molecule has 1 atom stereocenters. The highest BCUT2D eigenvalue weighted by Gasteiger charge is 2.24. The summed E-state index contributed by atoms with van der Waals surface area (Å²) in [7, 11) is 0. The molecule has 16 heavy (non-hydrogen) atoms. The topological polar surface area (TPSA) is 55.0 Å². The zero-order valence-corrected chi connectivity index (χ0v) is 10.2. The third-order valence-electron chi connectivity index (χ3n) is 3.17. The minimum Gasteiger partial charge on any atom is -0.382 e. The molecule has 88 valence electrons. The second kappa shape index (κ2) is 4.87. The molecule has 2 rings (SSSR count). The molecule has 0 aromatic carbocycles. The summed E-state index contributed by atoms with van der Waals surface area (Å²) in [5.74, 6) is 1.16. The molecule has 1 unspecified atom stereocenters. The van der Waals surface area contributed by atoms with E-state index in [2.05, 4.69) is 21.8 Å². The van der Waals surface area contributed by atoms with Crippen molar-refractivity contribution in [3.63, 3.8) is 0 Å². The molecule has 1 aliphatic heterocycles. The van der Waals surface area contributed by atoms with Gasteiger partial charge in [0.15, 0.2) is 5.82 Å². The van der Waals surface area contributed by atoms with Gasteiger partial charge >= 0.3 is 0 Å². The summed E-state index contributed by atoms with van der Waals surface area (Å²) < 4.78 is 0. The smallest absolute Gasteiger partial charge is 0.153 e. The third kappa shape index (κ3) is 2.07. The Morgan fingerprint density at radius 3 is 3.06 bits per heavy atom. The zero-order valence-electron chi connectivity index (χ0n) is 9.49. The summed E-state index contributed by atoms with van der Waals surface area (Å²) in [5.41, 5.74) is 5.70. The molecule has 0 saturated carbocycles. The molecule has 1 aromatic heterocycles. The minimum atomic E-state index is 0.368. The van der Waals surface area contributed by atoms with Gasteiger partial charge in [-0.15, -0.1) is 0 Å². The first-order valence-corrected chi connectivity index (χ1v) is 6.14. The van der Waals surface area contributed by atoms with Gasteiger partial charge in [-0.3, -0.25) is 0 Å². The molecule has 2 N–H and O–H groups in total. The molecular weight excluding hydrogens is 224 g/mol. The highest BCUT2D eigenvalue weighted by Crippen LogP contribution is 2.32. The molecule has 0 aliphatic carbocycles. The molecule has 1 aliphatic rings. The van der Waals surface area contributed by atoms with E-state index in [0.717, 1.165) is 18.8 Å². The lowest BCUT2D eigenvalue weighted by molar-refractivity contribution is 0.447. The van der Waals surface area contributed by atoms with Crippen molar-refractivity contribution in [1.29, 1.82) is 0 Å². The van der Waals surface area contributed by atoms with Gasteiger partial charge in [-0.05, 0) is 25.7 Å². The van der Waals surface area contributed by atoms with Crippen molar-refractivity contribution in [3.05, 3.63) is 11.3 Å². The van der Waals surface area contributed by atoms with E-state index < -0.39 is 0 Å². The normalized spacial score (nSPS) is 21.1. The van der Waals surface area contributed by atoms with Crippen LogP contribution >= 0.6 is 11.6 Å². The van der Waals surface area contributed by atoms with E-state index >= 15 is 0 Å². The molecule has 1 saturated heterocycles. The van der Waals surface area contributed by atoms with Gasteiger partial charge < -0.3 is 10.6 Å². The molecule has 1 aromatic rings. The van der Waals surface area contributed by atoms with E-state index in [1.165, 1.54) is 25.6 Å². The van der Waals surface area contributed by atoms with Crippen LogP contribution in [0.5, 0.6) is 0 Å². The number of halogens is 1. The largest absolute Gasteiger partial charge is 0.382 e. The number of aromatic nitrogens is 2. The monoisotopic (exact) mass is 240 g/mol. The molecule has 2 heterocycles. The SMILES string of the molecule is CCC1CCCCN1c1ncnc(N)c1Cl. The van der Waals surface area contributed by atoms with E-state index in [1.807, 2.05) is 0 Å². The second-order valence-corrected chi connectivity index (χ2v) is 4.53. The molecule has 0 amide bonds. The fourth-order valence-corrected chi connectivity index (χ4v) is 2.48. The van der Waals surface area contributed by atoms with Crippen LogP contribution in [-0.2, 0) is 0 Å². The second-order valence-electron chi connectivity index (χ2n) is 4.15. The van der Waals surface area contributed by atoms with Crippen molar-refractivity contribution >= 4 is 23.2 Å². The summed E-state index contributed by atoms with van der Waals surface area (Å²) in [6.45, 7) is 3.20. The number of nitrogens with zero attached hydrogens (tertiary/aromatic N) is 3. The van der Waals surface area contributed by atoms with Gasteiger partial charge in [0.2, 0.25) is 0 Å². The average Bonchev–Trinajstić information content (AvgIpc) is 2.33. The lowest BCUT2D eigenvalue weighted by atomic mass is 10.0. The van der Waals surface area contributed by atoms with Gasteiger partial charge in [-0.25, -0.2) is 9.97 Å². The van der Waals surface area contributed by atoms with Crippen molar-refractivity contribution in [3.8, 4) is 0 Å². The van der Waals surface area contributed by atoms with Crippen LogP contribution in [0.25, 0.3) is 0 Å². The Labute approximate surface area is 101 Å². The first-order valence-electron chi connectivity index (χ1n) is 5.76. The maximum absolute atomic E-state index is 6.16. The predicted octanol–water partition coefficient (Wildman–Crippen LogP) is 2.48. The van der Waals surface area contributed by atoms with Gasteiger partial charge in [0, 0.05) is 12.6 Å². The fourth-order valence-electron chi connectivity index (χ4n) is 2.28. The maximum Gasteiger partial charge on any atom is 0.153 e. The Morgan fingerprint density at radius 1 is 1.50 bits per heavy atom. The van der Waals surface area contributed by atoms with Crippen LogP contribution in [0.2, 0.25) is 5.02 Å². The minimum absolute atomic E-state index is 0.368. The van der Waals surface area contributed by atoms with Crippen LogP contribution in [0.4, 0.5) is 11.6 Å². The number of nitrogen functional groups attached to an aromatic ring is 1. The fraction of sp³-hybridized carbons (Fsp3) is 0.636. The first kappa shape index (κ1) is 11.5. The van der Waals surface area contributed by atoms with Gasteiger partial charge in [-0.2, -0.15) is 0 Å². The molecular formula is C11H17ClN4. The van der Waals surface area contributed by atoms with Gasteiger partial charge in [0.05, 0.1) is 0 Å². The quantitative estimate of drug-likeness (QED) is 0.863. The number of rotatable bonds is 2. The molecule has 4 nitrogen and oxygen atoms in total. The summed E-state index contributed by atoms with van der Waals surface area (Å²) in [6, 6.07) is 0.528. The number of anilines is 2. The molecule has 0 spiro atoms. The predicted molar refractivity (Wildman–Crippen MR) is 66.7 cm³/mol. The van der Waals surface area contributed by atoms with Crippen LogP contribution < -0.4 is 10.6 Å². The Hall–Kier alpha value is -1.03. The van der Waals surface area contributed by atoms with E-state index in [4.69, 9.17) is 17.3 Å². The van der Waals surface area contributed by atoms with E-state index in [-0.39, 0.29) is 0 Å². The zero-order chi connectivity index (χ0) is 11.5. The van der Waals surface area contributed by atoms with Crippen LogP contribution in [0.15, 0.2) is 6.33 Å². The third-order valence-corrected chi connectivity index (χ3v) is 3.53. The van der Waals surface area contributed by atoms with Gasteiger partial charge in [-0.1, -0.05) is 18.5 Å². The highest BCUT2D eigenvalue weighted by molar-refractivity contribution is 6.35. The number of hydrogen-bond donors (Lipinski definition) is 1. The molecule has 1 fully saturated rings. The number of nitrogens with two attached hydrogens (primary N) is 1. The van der Waals surface area contributed by atoms with Crippen LogP contribution in [0, 0.1) is 0 Å². The Morgan fingerprint density at radius 2 is 2.31 bits per heavy atom. The molecule has 0 bridgehead atoms. The Kier molecular flexibility index (Phi) is 3.49. The van der Waals surface area contributed by atoms with Crippen molar-refractivity contribution in [2.45, 2.75) is 38.6 Å². The van der Waals surface area contributed by atoms with E-state index in [9.17, 15) is 0 Å². The Bertz CT molecular complexity index is 369. The highest BCUT2D eigenvalue weighted by atomic mass is 35.5. The van der Waals surface area contributed by atoms with Gasteiger partial charge in [0.25, 0.3) is 0 Å². The standard InChI is InChI=1S/C11H17ClN4/c1-2-8-5-3-4-6-16(8)11-9(12)10(13)14-7-15-11/h7-8H,2-6H2,1H3,(H2,13,14,15). The lowest BCUT2D eigenvalue weighted by Crippen LogP contribution is -2.39. The lowest BCUT2D eigenvalue weighted by Gasteiger charge is -2.36. The average molecular weight is 241 g/mol. The summed E-state index contributed by atoms with van der Waals surface area (Å²) in [6.07, 6.45) is 6.28. The van der Waals surface area contributed by atoms with Crippen LogP contribution in [0.3, 0.4) is 0 Å². The summed E-state index contributed by atoms with van der Waals surface area (Å²) >= 11 is 6.16. The van der Waals surface area contributed by atoms with Crippen LogP contribution in [-0.4, -0.2) is 22.6 Å². The van der Waals surface area contributed by atoms with Crippen LogP contribution in [0.1, 0.15) is 32.6 Å². The van der Waals surface area contributed by atoms with Gasteiger partial charge in [0.1, 0.15) is 17.2 Å². The molecule has 0 radical (unpaired) electrons. The number of piperidine rings is 1. The summed E-state index contributed by atoms with van der Waals surface area (Å²) in [5, 5.41) is 0.489. The number of hydrogen-bond acceptors (Lipinski definition) is 4. The first-order chi connectivity index (χ1) is 7.74. The van der Waals surface area contributed by atoms with Crippen molar-refractivity contribution < 1.29 is 0 Å². The summed E-state index contributed by atoms with van der Waals surface area (Å²) in [4.78, 5) is 10.4. The van der Waals surface area contributed by atoms with E-state index in [1.54, 1.807) is 0 Å². The van der Waals surface area contributed by atoms with Crippen molar-refractivity contribution in [1.82, 2.24) is 9.97 Å². The van der Waals surface area contributed by atoms with Crippen molar-refractivity contribution in [2.24, 2.45) is 0 Å². The van der Waals surface area contributed by atoms with Crippen molar-refractivity contribution in [2.75, 3.05) is 17.2 Å². The maximum atomic E-state index is 6.16. The molecule has 5 heteroatoms.